The van der Waals surface area contributed by atoms with E-state index >= 15 is 0 Å². The Kier molecular flexibility index (Phi) is 4.24. The molecule has 5 heteroatoms. The van der Waals surface area contributed by atoms with E-state index in [0.717, 1.165) is 38.3 Å². The zero-order chi connectivity index (χ0) is 13.9. The Hall–Kier alpha value is -1.10. The van der Waals surface area contributed by atoms with Crippen molar-refractivity contribution in [3.63, 3.8) is 0 Å². The molecule has 1 aliphatic carbocycles. The van der Waals surface area contributed by atoms with Gasteiger partial charge in [0.2, 0.25) is 11.8 Å². The van der Waals surface area contributed by atoms with Crippen LogP contribution in [0.4, 0.5) is 0 Å². The van der Waals surface area contributed by atoms with Gasteiger partial charge in [-0.1, -0.05) is 0 Å². The van der Waals surface area contributed by atoms with E-state index < -0.39 is 0 Å². The van der Waals surface area contributed by atoms with E-state index in [-0.39, 0.29) is 17.9 Å². The van der Waals surface area contributed by atoms with Crippen LogP contribution in [0.25, 0.3) is 0 Å². The highest BCUT2D eigenvalue weighted by Crippen LogP contribution is 2.28. The fraction of sp³-hybridized carbons (Fsp3) is 0.867. The smallest absolute Gasteiger partial charge is 0.245 e. The minimum absolute atomic E-state index is 0.130. The maximum Gasteiger partial charge on any atom is 0.245 e. The van der Waals surface area contributed by atoms with Gasteiger partial charge in [-0.25, -0.2) is 0 Å². The molecule has 0 aromatic carbocycles. The number of rotatable bonds is 5. The lowest BCUT2D eigenvalue weighted by atomic mass is 10.0. The van der Waals surface area contributed by atoms with Gasteiger partial charge in [-0.3, -0.25) is 9.59 Å². The molecule has 2 aliphatic heterocycles. The summed E-state index contributed by atoms with van der Waals surface area (Å²) in [7, 11) is 0. The number of carbonyl (C=O) groups excluding carboxylic acids is 2. The molecular weight excluding hydrogens is 256 g/mol. The number of piperidine rings is 1. The largest absolute Gasteiger partial charge is 0.379 e. The summed E-state index contributed by atoms with van der Waals surface area (Å²) in [5, 5.41) is 0. The van der Waals surface area contributed by atoms with Crippen LogP contribution in [0, 0.1) is 5.92 Å². The highest BCUT2D eigenvalue weighted by molar-refractivity contribution is 5.90. The van der Waals surface area contributed by atoms with Crippen LogP contribution in [0.1, 0.15) is 38.5 Å². The van der Waals surface area contributed by atoms with Crippen LogP contribution in [0.2, 0.25) is 0 Å². The Balaban J connectivity index is 1.53. The van der Waals surface area contributed by atoms with Crippen molar-refractivity contribution in [1.82, 2.24) is 9.80 Å². The van der Waals surface area contributed by atoms with Crippen LogP contribution in [0.3, 0.4) is 0 Å². The average Bonchev–Trinajstić information content (AvgIpc) is 3.29. The third-order valence-electron chi connectivity index (χ3n) is 4.57. The van der Waals surface area contributed by atoms with Gasteiger partial charge in [-0.15, -0.1) is 0 Å². The van der Waals surface area contributed by atoms with Crippen LogP contribution >= 0.6 is 0 Å². The fourth-order valence-corrected chi connectivity index (χ4v) is 3.11. The van der Waals surface area contributed by atoms with Gasteiger partial charge in [-0.2, -0.15) is 0 Å². The highest BCUT2D eigenvalue weighted by atomic mass is 16.5. The molecule has 112 valence electrons. The first kappa shape index (κ1) is 13.9. The molecule has 0 aromatic rings. The van der Waals surface area contributed by atoms with E-state index in [0.29, 0.717) is 26.1 Å². The van der Waals surface area contributed by atoms with Crippen LogP contribution in [0.5, 0.6) is 0 Å². The lowest BCUT2D eigenvalue weighted by Crippen LogP contribution is -2.50. The lowest BCUT2D eigenvalue weighted by molar-refractivity contribution is -0.143. The minimum Gasteiger partial charge on any atom is -0.379 e. The Morgan fingerprint density at radius 1 is 1.10 bits per heavy atom. The molecular formula is C15H24N2O3. The second kappa shape index (κ2) is 6.12. The van der Waals surface area contributed by atoms with Gasteiger partial charge >= 0.3 is 0 Å². The van der Waals surface area contributed by atoms with Gasteiger partial charge in [0.1, 0.15) is 6.04 Å². The van der Waals surface area contributed by atoms with Crippen LogP contribution in [-0.2, 0) is 14.3 Å². The first-order valence-electron chi connectivity index (χ1n) is 7.91. The van der Waals surface area contributed by atoms with Crippen molar-refractivity contribution in [2.24, 2.45) is 5.92 Å². The standard InChI is InChI=1S/C15H24N2O3/c18-14-6-8-16(9-10-20-11-12-4-5-12)15(19)13-3-1-2-7-17(13)14/h12-13H,1-11H2. The third-order valence-corrected chi connectivity index (χ3v) is 4.57. The molecule has 0 radical (unpaired) electrons. The molecule has 20 heavy (non-hydrogen) atoms. The van der Waals surface area contributed by atoms with Crippen molar-refractivity contribution in [3.8, 4) is 0 Å². The van der Waals surface area contributed by atoms with E-state index in [1.165, 1.54) is 12.8 Å². The van der Waals surface area contributed by atoms with Crippen molar-refractivity contribution in [2.45, 2.75) is 44.6 Å². The minimum atomic E-state index is -0.206. The average molecular weight is 280 g/mol. The Morgan fingerprint density at radius 2 is 1.95 bits per heavy atom. The first-order chi connectivity index (χ1) is 9.75. The zero-order valence-electron chi connectivity index (χ0n) is 12.1. The normalized spacial score (nSPS) is 27.5. The summed E-state index contributed by atoms with van der Waals surface area (Å²) >= 11 is 0. The van der Waals surface area contributed by atoms with Crippen molar-refractivity contribution < 1.29 is 14.3 Å². The van der Waals surface area contributed by atoms with Crippen molar-refractivity contribution in [2.75, 3.05) is 32.8 Å². The van der Waals surface area contributed by atoms with Gasteiger partial charge in [0.05, 0.1) is 6.61 Å². The summed E-state index contributed by atoms with van der Waals surface area (Å²) in [5.74, 6) is 1.03. The molecule has 0 spiro atoms. The fourth-order valence-electron chi connectivity index (χ4n) is 3.11. The molecule has 0 bridgehead atoms. The van der Waals surface area contributed by atoms with E-state index in [9.17, 15) is 9.59 Å². The Morgan fingerprint density at radius 3 is 2.75 bits per heavy atom. The van der Waals surface area contributed by atoms with Crippen LogP contribution in [0.15, 0.2) is 0 Å². The molecule has 2 amide bonds. The molecule has 0 aromatic heterocycles. The SMILES string of the molecule is O=C1C2CCCCN2C(=O)CCN1CCOCC1CC1. The number of amides is 2. The molecule has 1 saturated carbocycles. The number of nitrogens with zero attached hydrogens (tertiary/aromatic N) is 2. The highest BCUT2D eigenvalue weighted by Gasteiger charge is 2.37. The predicted octanol–water partition coefficient (Wildman–Crippen LogP) is 1.03. The molecule has 3 rings (SSSR count). The summed E-state index contributed by atoms with van der Waals surface area (Å²) in [5.41, 5.74) is 0. The second-order valence-corrected chi connectivity index (χ2v) is 6.19. The van der Waals surface area contributed by atoms with Gasteiger partial charge in [0.25, 0.3) is 0 Å². The topological polar surface area (TPSA) is 49.9 Å². The number of hydrogen-bond donors (Lipinski definition) is 0. The van der Waals surface area contributed by atoms with Crippen molar-refractivity contribution in [1.29, 1.82) is 0 Å². The van der Waals surface area contributed by atoms with E-state index in [4.69, 9.17) is 4.74 Å². The molecule has 2 saturated heterocycles. The summed E-state index contributed by atoms with van der Waals surface area (Å²) in [6.07, 6.45) is 5.93. The maximum atomic E-state index is 12.5. The van der Waals surface area contributed by atoms with Gasteiger partial charge in [0, 0.05) is 32.7 Å². The third kappa shape index (κ3) is 3.14. The number of fused-ring (bicyclic) bond motifs is 1. The number of hydrogen-bond acceptors (Lipinski definition) is 3. The van der Waals surface area contributed by atoms with Crippen molar-refractivity contribution >= 4 is 11.8 Å². The summed E-state index contributed by atoms with van der Waals surface area (Å²) in [6.45, 7) is 3.36. The predicted molar refractivity (Wildman–Crippen MR) is 74.1 cm³/mol. The second-order valence-electron chi connectivity index (χ2n) is 6.19. The van der Waals surface area contributed by atoms with E-state index in [2.05, 4.69) is 0 Å². The van der Waals surface area contributed by atoms with E-state index in [1.54, 1.807) is 4.90 Å². The molecule has 0 N–H and O–H groups in total. The van der Waals surface area contributed by atoms with Gasteiger partial charge < -0.3 is 14.5 Å². The molecule has 3 aliphatic rings. The summed E-state index contributed by atoms with van der Waals surface area (Å²) in [6, 6.07) is -0.206. The molecule has 5 nitrogen and oxygen atoms in total. The van der Waals surface area contributed by atoms with Gasteiger partial charge in [0.15, 0.2) is 0 Å². The molecule has 2 heterocycles. The zero-order valence-corrected chi connectivity index (χ0v) is 12.1. The number of carbonyl (C=O) groups is 2. The molecule has 1 atom stereocenters. The first-order valence-corrected chi connectivity index (χ1v) is 7.91. The number of ether oxygens (including phenoxy) is 1. The Bertz CT molecular complexity index is 381. The van der Waals surface area contributed by atoms with Crippen LogP contribution in [-0.4, -0.2) is 60.5 Å². The molecule has 3 fully saturated rings. The van der Waals surface area contributed by atoms with Gasteiger partial charge in [-0.05, 0) is 38.0 Å². The summed E-state index contributed by atoms with van der Waals surface area (Å²) in [4.78, 5) is 28.3. The summed E-state index contributed by atoms with van der Waals surface area (Å²) < 4.78 is 5.62. The van der Waals surface area contributed by atoms with Crippen molar-refractivity contribution in [3.05, 3.63) is 0 Å². The lowest BCUT2D eigenvalue weighted by Gasteiger charge is -2.34. The quantitative estimate of drug-likeness (QED) is 0.707. The maximum absolute atomic E-state index is 12.5. The Labute approximate surface area is 120 Å². The van der Waals surface area contributed by atoms with E-state index in [1.807, 2.05) is 4.90 Å². The van der Waals surface area contributed by atoms with Crippen LogP contribution < -0.4 is 0 Å². The molecule has 1 unspecified atom stereocenters. The monoisotopic (exact) mass is 280 g/mol.